The fraction of sp³-hybridized carbons (Fsp3) is 0.667. The number of hydrogen-bond acceptors (Lipinski definition) is 4. The van der Waals surface area contributed by atoms with Crippen LogP contribution < -0.4 is 5.32 Å². The van der Waals surface area contributed by atoms with Crippen molar-refractivity contribution in [2.75, 3.05) is 34.3 Å². The molecule has 3 N–H and O–H groups in total. The topological polar surface area (TPSA) is 110 Å². The molecule has 0 aromatic rings. The van der Waals surface area contributed by atoms with Crippen LogP contribution in [0.5, 0.6) is 0 Å². The monoisotopic (exact) mass is 247 g/mol. The van der Waals surface area contributed by atoms with E-state index in [4.69, 9.17) is 10.2 Å². The molecular formula is C9H17N3O5. The number of aliphatic carboxylic acids is 1. The van der Waals surface area contributed by atoms with Crippen LogP contribution in [0.1, 0.15) is 0 Å². The van der Waals surface area contributed by atoms with E-state index in [9.17, 15) is 14.4 Å². The minimum absolute atomic E-state index is 0.170. The number of urea groups is 1. The van der Waals surface area contributed by atoms with E-state index in [0.29, 0.717) is 0 Å². The third kappa shape index (κ3) is 5.16. The summed E-state index contributed by atoms with van der Waals surface area (Å²) >= 11 is 0. The summed E-state index contributed by atoms with van der Waals surface area (Å²) in [4.78, 5) is 35.6. The molecule has 8 nitrogen and oxygen atoms in total. The number of rotatable bonds is 5. The van der Waals surface area contributed by atoms with Crippen molar-refractivity contribution in [3.05, 3.63) is 0 Å². The molecular weight excluding hydrogens is 230 g/mol. The Bertz CT molecular complexity index is 305. The van der Waals surface area contributed by atoms with Crippen LogP contribution in [0.15, 0.2) is 0 Å². The van der Waals surface area contributed by atoms with Crippen LogP contribution in [0.2, 0.25) is 0 Å². The molecule has 0 aromatic carbocycles. The summed E-state index contributed by atoms with van der Waals surface area (Å²) < 4.78 is 0. The highest BCUT2D eigenvalue weighted by atomic mass is 16.4. The molecule has 0 fully saturated rings. The number of carbonyl (C=O) groups excluding carboxylic acids is 2. The van der Waals surface area contributed by atoms with Crippen molar-refractivity contribution in [3.8, 4) is 0 Å². The zero-order chi connectivity index (χ0) is 13.6. The minimum atomic E-state index is -1.38. The van der Waals surface area contributed by atoms with Crippen molar-refractivity contribution in [1.29, 1.82) is 0 Å². The molecule has 0 radical (unpaired) electrons. The van der Waals surface area contributed by atoms with Gasteiger partial charge in [0.1, 0.15) is 6.54 Å². The molecule has 0 spiro atoms. The number of nitrogens with zero attached hydrogens (tertiary/aromatic N) is 2. The molecule has 0 aliphatic rings. The number of likely N-dealkylation sites (N-methyl/N-ethyl adjacent to an activating group) is 2. The third-order valence-electron chi connectivity index (χ3n) is 2.00. The molecule has 1 unspecified atom stereocenters. The number of aliphatic hydroxyl groups excluding tert-OH is 1. The second-order valence-electron chi connectivity index (χ2n) is 3.67. The summed E-state index contributed by atoms with van der Waals surface area (Å²) in [5.74, 6) is -1.63. The van der Waals surface area contributed by atoms with Gasteiger partial charge in [-0.2, -0.15) is 0 Å². The van der Waals surface area contributed by atoms with E-state index >= 15 is 0 Å². The molecule has 0 aromatic heterocycles. The molecule has 0 saturated carbocycles. The Morgan fingerprint density at radius 3 is 2.12 bits per heavy atom. The summed E-state index contributed by atoms with van der Waals surface area (Å²) in [7, 11) is 4.44. The van der Waals surface area contributed by atoms with Crippen LogP contribution in [0.4, 0.5) is 4.79 Å². The Hall–Kier alpha value is -1.83. The summed E-state index contributed by atoms with van der Waals surface area (Å²) in [5.41, 5.74) is 0. The van der Waals surface area contributed by atoms with E-state index in [0.717, 1.165) is 4.90 Å². The van der Waals surface area contributed by atoms with Gasteiger partial charge in [0, 0.05) is 21.1 Å². The van der Waals surface area contributed by atoms with Crippen LogP contribution in [0.25, 0.3) is 0 Å². The molecule has 0 rings (SSSR count). The fourth-order valence-electron chi connectivity index (χ4n) is 0.861. The summed E-state index contributed by atoms with van der Waals surface area (Å²) in [6, 6.07) is -2.11. The summed E-state index contributed by atoms with van der Waals surface area (Å²) in [6.07, 6.45) is 0. The number of aliphatic hydroxyl groups is 1. The number of carboxylic acid groups (broad SMARTS) is 1. The van der Waals surface area contributed by atoms with Crippen molar-refractivity contribution in [2.24, 2.45) is 0 Å². The Balaban J connectivity index is 4.31. The van der Waals surface area contributed by atoms with E-state index in [2.05, 4.69) is 5.32 Å². The lowest BCUT2D eigenvalue weighted by Gasteiger charge is -2.21. The number of carboxylic acids is 1. The van der Waals surface area contributed by atoms with E-state index in [1.54, 1.807) is 14.1 Å². The molecule has 0 bridgehead atoms. The highest BCUT2D eigenvalue weighted by Crippen LogP contribution is 1.91. The maximum absolute atomic E-state index is 11.4. The Labute approximate surface area is 98.8 Å². The first-order valence-corrected chi connectivity index (χ1v) is 4.85. The molecule has 3 amide bonds. The van der Waals surface area contributed by atoms with Crippen LogP contribution >= 0.6 is 0 Å². The number of amides is 3. The van der Waals surface area contributed by atoms with Crippen molar-refractivity contribution >= 4 is 17.9 Å². The minimum Gasteiger partial charge on any atom is -0.480 e. The lowest BCUT2D eigenvalue weighted by molar-refractivity contribution is -0.140. The molecule has 17 heavy (non-hydrogen) atoms. The van der Waals surface area contributed by atoms with Gasteiger partial charge in [-0.3, -0.25) is 4.79 Å². The van der Waals surface area contributed by atoms with Crippen molar-refractivity contribution in [2.45, 2.75) is 6.04 Å². The van der Waals surface area contributed by atoms with Gasteiger partial charge < -0.3 is 25.3 Å². The van der Waals surface area contributed by atoms with E-state index in [-0.39, 0.29) is 12.5 Å². The van der Waals surface area contributed by atoms with E-state index < -0.39 is 24.6 Å². The van der Waals surface area contributed by atoms with Crippen molar-refractivity contribution in [3.63, 3.8) is 0 Å². The zero-order valence-electron chi connectivity index (χ0n) is 10.0. The van der Waals surface area contributed by atoms with Crippen LogP contribution in [-0.4, -0.2) is 78.3 Å². The molecule has 0 saturated heterocycles. The Kier molecular flexibility index (Phi) is 5.97. The number of hydrogen-bond donors (Lipinski definition) is 3. The lowest BCUT2D eigenvalue weighted by Crippen LogP contribution is -2.50. The van der Waals surface area contributed by atoms with Gasteiger partial charge in [0.2, 0.25) is 5.91 Å². The summed E-state index contributed by atoms with van der Waals surface area (Å²) in [6.45, 7) is -0.882. The first-order chi connectivity index (χ1) is 7.79. The largest absolute Gasteiger partial charge is 0.480 e. The molecule has 8 heteroatoms. The Morgan fingerprint density at radius 2 is 1.76 bits per heavy atom. The molecule has 1 atom stereocenters. The highest BCUT2D eigenvalue weighted by Gasteiger charge is 2.21. The van der Waals surface area contributed by atoms with Gasteiger partial charge in [-0.15, -0.1) is 0 Å². The molecule has 0 aliphatic heterocycles. The van der Waals surface area contributed by atoms with Gasteiger partial charge in [-0.25, -0.2) is 9.59 Å². The van der Waals surface area contributed by atoms with Gasteiger partial charge in [-0.1, -0.05) is 0 Å². The van der Waals surface area contributed by atoms with Gasteiger partial charge >= 0.3 is 12.0 Å². The quantitative estimate of drug-likeness (QED) is 0.529. The van der Waals surface area contributed by atoms with Gasteiger partial charge in [0.25, 0.3) is 0 Å². The lowest BCUT2D eigenvalue weighted by atomic mass is 10.3. The molecule has 98 valence electrons. The van der Waals surface area contributed by atoms with Crippen molar-refractivity contribution in [1.82, 2.24) is 15.1 Å². The number of nitrogens with one attached hydrogen (secondary N) is 1. The average Bonchev–Trinajstić information content (AvgIpc) is 2.24. The van der Waals surface area contributed by atoms with Gasteiger partial charge in [0.15, 0.2) is 6.04 Å². The second-order valence-corrected chi connectivity index (χ2v) is 3.67. The van der Waals surface area contributed by atoms with E-state index in [1.165, 1.54) is 11.9 Å². The van der Waals surface area contributed by atoms with Crippen molar-refractivity contribution < 1.29 is 24.6 Å². The summed E-state index contributed by atoms with van der Waals surface area (Å²) in [5, 5.41) is 19.4. The maximum atomic E-state index is 11.4. The predicted octanol–water partition coefficient (Wildman–Crippen LogP) is -1.84. The zero-order valence-corrected chi connectivity index (χ0v) is 10.0. The van der Waals surface area contributed by atoms with E-state index in [1.807, 2.05) is 0 Å². The number of carbonyl (C=O) groups is 3. The fourth-order valence-corrected chi connectivity index (χ4v) is 0.861. The third-order valence-corrected chi connectivity index (χ3v) is 2.00. The smallest absolute Gasteiger partial charge is 0.328 e. The van der Waals surface area contributed by atoms with Crippen LogP contribution in [-0.2, 0) is 9.59 Å². The normalized spacial score (nSPS) is 11.5. The first-order valence-electron chi connectivity index (χ1n) is 4.85. The van der Waals surface area contributed by atoms with Gasteiger partial charge in [-0.05, 0) is 0 Å². The second kappa shape index (κ2) is 6.69. The predicted molar refractivity (Wildman–Crippen MR) is 58.4 cm³/mol. The van der Waals surface area contributed by atoms with Gasteiger partial charge in [0.05, 0.1) is 6.61 Å². The maximum Gasteiger partial charge on any atom is 0.328 e. The highest BCUT2D eigenvalue weighted by molar-refractivity contribution is 5.86. The molecule has 0 aliphatic carbocycles. The Morgan fingerprint density at radius 1 is 1.24 bits per heavy atom. The average molecular weight is 247 g/mol. The van der Waals surface area contributed by atoms with Crippen LogP contribution in [0.3, 0.4) is 0 Å². The molecule has 0 heterocycles. The SMILES string of the molecule is CN(C)C(=O)CN(C)C(=O)NC(CO)C(=O)O. The first kappa shape index (κ1) is 15.2. The standard InChI is InChI=1S/C9H17N3O5/c1-11(2)7(14)4-12(3)9(17)10-6(5-13)8(15)16/h6,13H,4-5H2,1-3H3,(H,10,17)(H,15,16). The van der Waals surface area contributed by atoms with Crippen LogP contribution in [0, 0.1) is 0 Å².